The minimum atomic E-state index is 0.392. The van der Waals surface area contributed by atoms with E-state index in [9.17, 15) is 0 Å². The summed E-state index contributed by atoms with van der Waals surface area (Å²) in [6, 6.07) is 63.5. The summed E-state index contributed by atoms with van der Waals surface area (Å²) in [6.07, 6.45) is 0. The van der Waals surface area contributed by atoms with E-state index in [-0.39, 0.29) is 0 Å². The van der Waals surface area contributed by atoms with Gasteiger partial charge in [0.1, 0.15) is 17.0 Å². The molecule has 2 N–H and O–H groups in total. The van der Waals surface area contributed by atoms with Crippen LogP contribution in [0.5, 0.6) is 0 Å². The molecule has 270 valence electrons. The SMILES string of the molecule is N/C(=N\C(=N/Cc1ccccc1)c1ccccc1)c1ccc2oc3cccc(-c4cccc5sc6ccc(-n7c8ccccc8c8ccccc87)cc6c45)c3c2c1. The Labute approximate surface area is 332 Å². The van der Waals surface area contributed by atoms with Crippen molar-refractivity contribution in [2.45, 2.75) is 6.54 Å². The van der Waals surface area contributed by atoms with Crippen LogP contribution in [0.1, 0.15) is 16.7 Å². The van der Waals surface area contributed by atoms with Crippen molar-refractivity contribution in [2.24, 2.45) is 15.7 Å². The van der Waals surface area contributed by atoms with Crippen LogP contribution in [0.15, 0.2) is 196 Å². The Hall–Kier alpha value is -7.28. The highest BCUT2D eigenvalue weighted by molar-refractivity contribution is 7.26. The molecule has 0 aliphatic rings. The fourth-order valence-electron chi connectivity index (χ4n) is 8.30. The summed E-state index contributed by atoms with van der Waals surface area (Å²) in [5, 5.41) is 7.01. The number of rotatable bonds is 6. The number of benzene rings is 8. The van der Waals surface area contributed by atoms with Gasteiger partial charge in [-0.25, -0.2) is 4.99 Å². The summed E-state index contributed by atoms with van der Waals surface area (Å²) < 4.78 is 11.4. The third-order valence-electron chi connectivity index (χ3n) is 10.9. The van der Waals surface area contributed by atoms with Crippen molar-refractivity contribution in [1.29, 1.82) is 0 Å². The van der Waals surface area contributed by atoms with E-state index in [2.05, 4.69) is 120 Å². The van der Waals surface area contributed by atoms with Crippen molar-refractivity contribution in [1.82, 2.24) is 4.57 Å². The van der Waals surface area contributed by atoms with E-state index in [1.807, 2.05) is 78.1 Å². The predicted molar refractivity (Wildman–Crippen MR) is 240 cm³/mol. The van der Waals surface area contributed by atoms with Gasteiger partial charge in [-0.15, -0.1) is 11.3 Å². The monoisotopic (exact) mass is 750 g/mol. The number of nitrogens with zero attached hydrogens (tertiary/aromatic N) is 3. The zero-order chi connectivity index (χ0) is 37.9. The third-order valence-corrected chi connectivity index (χ3v) is 12.0. The molecule has 3 aromatic heterocycles. The first-order valence-electron chi connectivity index (χ1n) is 19.1. The molecule has 0 bridgehead atoms. The first-order valence-corrected chi connectivity index (χ1v) is 19.9. The second-order valence-electron chi connectivity index (χ2n) is 14.3. The van der Waals surface area contributed by atoms with E-state index in [4.69, 9.17) is 20.1 Å². The maximum Gasteiger partial charge on any atom is 0.157 e. The van der Waals surface area contributed by atoms with Gasteiger partial charge in [-0.3, -0.25) is 4.99 Å². The lowest BCUT2D eigenvalue weighted by Gasteiger charge is -2.10. The zero-order valence-electron chi connectivity index (χ0n) is 30.8. The number of thiophene rings is 1. The molecule has 0 aliphatic carbocycles. The van der Waals surface area contributed by atoms with Crippen LogP contribution in [0, 0.1) is 0 Å². The third kappa shape index (κ3) is 5.61. The van der Waals surface area contributed by atoms with Crippen molar-refractivity contribution < 1.29 is 4.42 Å². The molecule has 0 fully saturated rings. The first-order chi connectivity index (χ1) is 28.2. The first kappa shape index (κ1) is 33.1. The Balaban J connectivity index is 1.07. The molecule has 57 heavy (non-hydrogen) atoms. The number of para-hydroxylation sites is 2. The molecule has 0 saturated heterocycles. The Morgan fingerprint density at radius 1 is 0.526 bits per heavy atom. The maximum atomic E-state index is 6.84. The second kappa shape index (κ2) is 13.5. The standard InChI is InChI=1S/C51H34N4OS/c52-50(54-51(33-15-5-2-6-16-33)53-31-32-13-3-1-4-14-32)34-25-27-44-40(29-34)48-38(19-11-23-45(48)56-44)39-20-12-24-47-49(39)41-30-35(26-28-46(41)57-47)55-42-21-9-7-17-36(42)37-18-8-10-22-43(37)55/h1-30H,31H2,(H2,52,53,54). The van der Waals surface area contributed by atoms with Crippen LogP contribution in [0.25, 0.3) is 80.7 Å². The molecule has 0 saturated carbocycles. The number of furan rings is 1. The molecule has 0 spiro atoms. The average Bonchev–Trinajstić information content (AvgIpc) is 3.95. The van der Waals surface area contributed by atoms with Gasteiger partial charge in [0.15, 0.2) is 5.84 Å². The van der Waals surface area contributed by atoms with Gasteiger partial charge in [-0.1, -0.05) is 121 Å². The fourth-order valence-corrected chi connectivity index (χ4v) is 9.41. The van der Waals surface area contributed by atoms with Gasteiger partial charge in [0.2, 0.25) is 0 Å². The van der Waals surface area contributed by atoms with Crippen molar-refractivity contribution in [3.05, 3.63) is 199 Å². The van der Waals surface area contributed by atoms with Gasteiger partial charge < -0.3 is 14.7 Å². The lowest BCUT2D eigenvalue weighted by molar-refractivity contribution is 0.669. The summed E-state index contributed by atoms with van der Waals surface area (Å²) in [6.45, 7) is 0.500. The van der Waals surface area contributed by atoms with Gasteiger partial charge in [0, 0.05) is 58.5 Å². The van der Waals surface area contributed by atoms with E-state index in [1.165, 1.54) is 42.0 Å². The number of amidine groups is 2. The molecule has 6 heteroatoms. The largest absolute Gasteiger partial charge is 0.456 e. The minimum Gasteiger partial charge on any atom is -0.456 e. The Kier molecular flexibility index (Phi) is 7.83. The maximum absolute atomic E-state index is 6.84. The number of aromatic nitrogens is 1. The molecule has 11 aromatic rings. The molecule has 11 rings (SSSR count). The van der Waals surface area contributed by atoms with Crippen molar-refractivity contribution >= 4 is 86.9 Å². The summed E-state index contributed by atoms with van der Waals surface area (Å²) in [4.78, 5) is 9.85. The molecule has 0 amide bonds. The van der Waals surface area contributed by atoms with Gasteiger partial charge in [-0.2, -0.15) is 0 Å². The minimum absolute atomic E-state index is 0.392. The molecule has 5 nitrogen and oxygen atoms in total. The molecular weight excluding hydrogens is 717 g/mol. The highest BCUT2D eigenvalue weighted by Gasteiger charge is 2.19. The van der Waals surface area contributed by atoms with Gasteiger partial charge in [0.25, 0.3) is 0 Å². The quantitative estimate of drug-likeness (QED) is 0.136. The van der Waals surface area contributed by atoms with E-state index in [0.29, 0.717) is 18.2 Å². The Morgan fingerprint density at radius 3 is 1.98 bits per heavy atom. The van der Waals surface area contributed by atoms with Crippen LogP contribution in [0.2, 0.25) is 0 Å². The van der Waals surface area contributed by atoms with E-state index >= 15 is 0 Å². The molecule has 0 radical (unpaired) electrons. The Morgan fingerprint density at radius 2 is 1.21 bits per heavy atom. The molecule has 0 atom stereocenters. The Bertz CT molecular complexity index is 3340. The van der Waals surface area contributed by atoms with Crippen molar-refractivity contribution in [2.75, 3.05) is 0 Å². The van der Waals surface area contributed by atoms with E-state index in [0.717, 1.165) is 55.4 Å². The molecular formula is C51H34N4OS. The van der Waals surface area contributed by atoms with Crippen molar-refractivity contribution in [3.63, 3.8) is 0 Å². The summed E-state index contributed by atoms with van der Waals surface area (Å²) in [7, 11) is 0. The predicted octanol–water partition coefficient (Wildman–Crippen LogP) is 13.1. The smallest absolute Gasteiger partial charge is 0.157 e. The van der Waals surface area contributed by atoms with Crippen LogP contribution in [-0.2, 0) is 6.54 Å². The topological polar surface area (TPSA) is 68.8 Å². The van der Waals surface area contributed by atoms with E-state index < -0.39 is 0 Å². The summed E-state index contributed by atoms with van der Waals surface area (Å²) >= 11 is 1.83. The van der Waals surface area contributed by atoms with E-state index in [1.54, 1.807) is 0 Å². The normalized spacial score (nSPS) is 12.6. The van der Waals surface area contributed by atoms with Gasteiger partial charge >= 0.3 is 0 Å². The van der Waals surface area contributed by atoms with Crippen LogP contribution in [-0.4, -0.2) is 16.2 Å². The zero-order valence-corrected chi connectivity index (χ0v) is 31.6. The number of hydrogen-bond acceptors (Lipinski definition) is 3. The van der Waals surface area contributed by atoms with Crippen LogP contribution < -0.4 is 5.73 Å². The number of nitrogens with two attached hydrogens (primary N) is 1. The summed E-state index contributed by atoms with van der Waals surface area (Å²) in [5.41, 5.74) is 17.1. The average molecular weight is 751 g/mol. The molecule has 0 unspecified atom stereocenters. The summed E-state index contributed by atoms with van der Waals surface area (Å²) in [5.74, 6) is 0.981. The van der Waals surface area contributed by atoms with Gasteiger partial charge in [-0.05, 0) is 77.4 Å². The number of aliphatic imine (C=N–C) groups is 2. The highest BCUT2D eigenvalue weighted by atomic mass is 32.1. The van der Waals surface area contributed by atoms with Crippen LogP contribution in [0.3, 0.4) is 0 Å². The molecule has 8 aromatic carbocycles. The highest BCUT2D eigenvalue weighted by Crippen LogP contribution is 2.45. The molecule has 3 heterocycles. The molecule has 0 aliphatic heterocycles. The van der Waals surface area contributed by atoms with Crippen LogP contribution in [0.4, 0.5) is 0 Å². The number of fused-ring (bicyclic) bond motifs is 9. The van der Waals surface area contributed by atoms with Gasteiger partial charge in [0.05, 0.1) is 17.6 Å². The van der Waals surface area contributed by atoms with Crippen molar-refractivity contribution in [3.8, 4) is 16.8 Å². The lowest BCUT2D eigenvalue weighted by atomic mass is 9.95. The fraction of sp³-hybridized carbons (Fsp3) is 0.0196. The number of hydrogen-bond donors (Lipinski definition) is 1. The lowest BCUT2D eigenvalue weighted by Crippen LogP contribution is -2.16. The second-order valence-corrected chi connectivity index (χ2v) is 15.4. The van der Waals surface area contributed by atoms with Crippen LogP contribution >= 0.6 is 11.3 Å².